The molecule has 25 heavy (non-hydrogen) atoms. The summed E-state index contributed by atoms with van der Waals surface area (Å²) >= 11 is 1.21. The van der Waals surface area contributed by atoms with Gasteiger partial charge >= 0.3 is 5.97 Å². The zero-order chi connectivity index (χ0) is 18.0. The Morgan fingerprint density at radius 1 is 1.48 bits per heavy atom. The van der Waals surface area contributed by atoms with E-state index in [0.717, 1.165) is 18.4 Å². The lowest BCUT2D eigenvalue weighted by Crippen LogP contribution is -2.31. The second kappa shape index (κ2) is 7.18. The summed E-state index contributed by atoms with van der Waals surface area (Å²) in [4.78, 5) is 31.2. The minimum Gasteiger partial charge on any atom is -0.462 e. The third-order valence-electron chi connectivity index (χ3n) is 3.74. The minimum atomic E-state index is -0.391. The fraction of sp³-hybridized carbons (Fsp3) is 0.412. The first-order chi connectivity index (χ1) is 12.0. The van der Waals surface area contributed by atoms with Crippen LogP contribution in [-0.4, -0.2) is 39.3 Å². The molecule has 1 fully saturated rings. The first kappa shape index (κ1) is 17.3. The van der Waals surface area contributed by atoms with Crippen LogP contribution in [0.4, 0.5) is 5.13 Å². The number of hydrogen-bond acceptors (Lipinski definition) is 6. The molecule has 0 atom stereocenters. The number of aryl methyl sites for hydroxylation is 2. The molecule has 0 spiro atoms. The van der Waals surface area contributed by atoms with Gasteiger partial charge in [0.25, 0.3) is 5.91 Å². The van der Waals surface area contributed by atoms with E-state index < -0.39 is 5.97 Å². The van der Waals surface area contributed by atoms with Crippen molar-refractivity contribution in [1.29, 1.82) is 0 Å². The van der Waals surface area contributed by atoms with E-state index in [0.29, 0.717) is 22.3 Å². The normalized spacial score (nSPS) is 14.0. The van der Waals surface area contributed by atoms with Crippen molar-refractivity contribution in [3.8, 4) is 0 Å². The molecule has 7 nitrogen and oxygen atoms in total. The molecule has 0 radical (unpaired) electrons. The molecule has 0 N–H and O–H groups in total. The van der Waals surface area contributed by atoms with Crippen LogP contribution in [0.2, 0.25) is 0 Å². The molecule has 1 saturated carbocycles. The third kappa shape index (κ3) is 3.96. The van der Waals surface area contributed by atoms with E-state index in [1.165, 1.54) is 17.4 Å². The number of ether oxygens (including phenoxy) is 1. The van der Waals surface area contributed by atoms with Crippen LogP contribution in [-0.2, 0) is 16.6 Å². The Labute approximate surface area is 149 Å². The monoisotopic (exact) mass is 360 g/mol. The average molecular weight is 360 g/mol. The number of carbonyl (C=O) groups is 2. The highest BCUT2D eigenvalue weighted by atomic mass is 32.1. The summed E-state index contributed by atoms with van der Waals surface area (Å²) in [6.45, 7) is 3.83. The maximum absolute atomic E-state index is 12.7. The van der Waals surface area contributed by atoms with Gasteiger partial charge in [-0.3, -0.25) is 14.4 Å². The van der Waals surface area contributed by atoms with Crippen LogP contribution in [0.1, 0.15) is 40.7 Å². The van der Waals surface area contributed by atoms with Crippen molar-refractivity contribution < 1.29 is 14.3 Å². The Hall–Kier alpha value is -2.48. The standard InChI is InChI=1S/C17H20N4O3S/c1-4-24-16(23)15-11(2)19-17(25-15)21(13-6-7-13)14(22)8-5-12-9-18-20(3)10-12/h5,8-10,13H,4,6-7H2,1-3H3/b8-5+. The van der Waals surface area contributed by atoms with Gasteiger partial charge < -0.3 is 4.74 Å². The highest BCUT2D eigenvalue weighted by molar-refractivity contribution is 7.17. The number of carbonyl (C=O) groups excluding carboxylic acids is 2. The van der Waals surface area contributed by atoms with Crippen molar-refractivity contribution in [2.45, 2.75) is 32.7 Å². The van der Waals surface area contributed by atoms with E-state index in [4.69, 9.17) is 4.74 Å². The smallest absolute Gasteiger partial charge is 0.350 e. The highest BCUT2D eigenvalue weighted by Gasteiger charge is 2.35. The molecule has 2 aromatic rings. The second-order valence-corrected chi connectivity index (χ2v) is 6.83. The van der Waals surface area contributed by atoms with Crippen molar-refractivity contribution in [2.24, 2.45) is 7.05 Å². The molecule has 0 unspecified atom stereocenters. The fourth-order valence-electron chi connectivity index (χ4n) is 2.41. The second-order valence-electron chi connectivity index (χ2n) is 5.85. The van der Waals surface area contributed by atoms with Crippen LogP contribution in [0.15, 0.2) is 18.5 Å². The van der Waals surface area contributed by atoms with Crippen molar-refractivity contribution in [3.63, 3.8) is 0 Å². The fourth-order valence-corrected chi connectivity index (χ4v) is 3.45. The number of rotatable bonds is 6. The molecule has 1 amide bonds. The van der Waals surface area contributed by atoms with E-state index in [1.807, 2.05) is 13.2 Å². The number of anilines is 1. The van der Waals surface area contributed by atoms with Gasteiger partial charge in [-0.1, -0.05) is 11.3 Å². The zero-order valence-corrected chi connectivity index (χ0v) is 15.2. The van der Waals surface area contributed by atoms with Gasteiger partial charge in [0, 0.05) is 30.9 Å². The molecular formula is C17H20N4O3S. The molecule has 0 aliphatic heterocycles. The van der Waals surface area contributed by atoms with E-state index >= 15 is 0 Å². The summed E-state index contributed by atoms with van der Waals surface area (Å²) in [6, 6.07) is 0.145. The van der Waals surface area contributed by atoms with Crippen LogP contribution >= 0.6 is 11.3 Å². The summed E-state index contributed by atoms with van der Waals surface area (Å²) in [7, 11) is 1.82. The van der Waals surface area contributed by atoms with Gasteiger partial charge in [-0.15, -0.1) is 0 Å². The maximum atomic E-state index is 12.7. The molecule has 0 saturated heterocycles. The van der Waals surface area contributed by atoms with Crippen LogP contribution in [0.25, 0.3) is 6.08 Å². The first-order valence-corrected chi connectivity index (χ1v) is 8.95. The summed E-state index contributed by atoms with van der Waals surface area (Å²) in [5.74, 6) is -0.534. The zero-order valence-electron chi connectivity index (χ0n) is 14.4. The van der Waals surface area contributed by atoms with Crippen LogP contribution < -0.4 is 4.90 Å². The summed E-state index contributed by atoms with van der Waals surface area (Å²) in [6.07, 6.45) is 8.67. The number of amides is 1. The first-order valence-electron chi connectivity index (χ1n) is 8.14. The maximum Gasteiger partial charge on any atom is 0.350 e. The van der Waals surface area contributed by atoms with Crippen LogP contribution in [0, 0.1) is 6.92 Å². The molecule has 8 heteroatoms. The Balaban J connectivity index is 1.81. The van der Waals surface area contributed by atoms with Gasteiger partial charge in [0.1, 0.15) is 4.88 Å². The molecular weight excluding hydrogens is 340 g/mol. The van der Waals surface area contributed by atoms with Gasteiger partial charge in [0.15, 0.2) is 5.13 Å². The summed E-state index contributed by atoms with van der Waals surface area (Å²) < 4.78 is 6.73. The molecule has 1 aliphatic carbocycles. The average Bonchev–Trinajstić information content (AvgIpc) is 3.19. The minimum absolute atomic E-state index is 0.143. The lowest BCUT2D eigenvalue weighted by atomic mass is 10.3. The molecule has 1 aliphatic rings. The lowest BCUT2D eigenvalue weighted by molar-refractivity contribution is -0.114. The highest BCUT2D eigenvalue weighted by Crippen LogP contribution is 2.36. The van der Waals surface area contributed by atoms with Gasteiger partial charge in [0.05, 0.1) is 18.5 Å². The molecule has 2 heterocycles. The lowest BCUT2D eigenvalue weighted by Gasteiger charge is -2.17. The molecule has 132 valence electrons. The number of thiazole rings is 1. The number of aromatic nitrogens is 3. The van der Waals surface area contributed by atoms with E-state index in [2.05, 4.69) is 10.1 Å². The Bertz CT molecular complexity index is 820. The Kier molecular flexibility index (Phi) is 4.98. The quantitative estimate of drug-likeness (QED) is 0.584. The van der Waals surface area contributed by atoms with Gasteiger partial charge in [-0.2, -0.15) is 5.10 Å². The SMILES string of the molecule is CCOC(=O)c1sc(N(C(=O)/C=C/c2cnn(C)c2)C2CC2)nc1C. The van der Waals surface area contributed by atoms with Crippen LogP contribution in [0.3, 0.4) is 0 Å². The van der Waals surface area contributed by atoms with Crippen LogP contribution in [0.5, 0.6) is 0 Å². The van der Waals surface area contributed by atoms with E-state index in [9.17, 15) is 9.59 Å². The molecule has 3 rings (SSSR count). The number of hydrogen-bond donors (Lipinski definition) is 0. The Morgan fingerprint density at radius 3 is 2.84 bits per heavy atom. The number of esters is 1. The van der Waals surface area contributed by atoms with E-state index in [-0.39, 0.29) is 11.9 Å². The van der Waals surface area contributed by atoms with Crippen molar-refractivity contribution in [3.05, 3.63) is 34.6 Å². The third-order valence-corrected chi connectivity index (χ3v) is 4.88. The molecule has 2 aromatic heterocycles. The van der Waals surface area contributed by atoms with Crippen molar-refractivity contribution in [2.75, 3.05) is 11.5 Å². The Morgan fingerprint density at radius 2 is 2.24 bits per heavy atom. The predicted octanol–water partition coefficient (Wildman–Crippen LogP) is 2.57. The largest absolute Gasteiger partial charge is 0.462 e. The van der Waals surface area contributed by atoms with Gasteiger partial charge in [-0.05, 0) is 32.8 Å². The van der Waals surface area contributed by atoms with Crippen molar-refractivity contribution >= 4 is 34.4 Å². The van der Waals surface area contributed by atoms with Gasteiger partial charge in [0.2, 0.25) is 0 Å². The van der Waals surface area contributed by atoms with Crippen molar-refractivity contribution in [1.82, 2.24) is 14.8 Å². The summed E-state index contributed by atoms with van der Waals surface area (Å²) in [5, 5.41) is 4.62. The molecule has 0 bridgehead atoms. The number of nitrogens with zero attached hydrogens (tertiary/aromatic N) is 4. The summed E-state index contributed by atoms with van der Waals surface area (Å²) in [5.41, 5.74) is 1.45. The molecule has 0 aromatic carbocycles. The van der Waals surface area contributed by atoms with Gasteiger partial charge in [-0.25, -0.2) is 9.78 Å². The predicted molar refractivity (Wildman–Crippen MR) is 95.6 cm³/mol. The topological polar surface area (TPSA) is 77.3 Å². The van der Waals surface area contributed by atoms with E-state index in [1.54, 1.807) is 35.7 Å².